The molecule has 2 aromatic heterocycles. The molecule has 0 bridgehead atoms. The van der Waals surface area contributed by atoms with Crippen molar-refractivity contribution >= 4 is 76.5 Å². The van der Waals surface area contributed by atoms with Gasteiger partial charge < -0.3 is 4.42 Å². The SMILES string of the molecule is O=C(c1cc2c(ccc3ccccc32)oc1=O)N(/N=C/c1ccccc1)c1nc2ccc(Br)cc2s1. The molecule has 6 rings (SSSR count). The second-order valence-electron chi connectivity index (χ2n) is 8.03. The molecule has 0 aliphatic carbocycles. The summed E-state index contributed by atoms with van der Waals surface area (Å²) in [6.07, 6.45) is 1.57. The third-order valence-corrected chi connectivity index (χ3v) is 7.19. The minimum absolute atomic E-state index is 0.121. The van der Waals surface area contributed by atoms with Gasteiger partial charge in [0.2, 0.25) is 5.13 Å². The van der Waals surface area contributed by atoms with Crippen molar-refractivity contribution in [2.24, 2.45) is 5.10 Å². The molecule has 4 aromatic carbocycles. The van der Waals surface area contributed by atoms with E-state index < -0.39 is 11.5 Å². The summed E-state index contributed by atoms with van der Waals surface area (Å²) in [6, 6.07) is 28.0. The normalized spacial score (nSPS) is 11.6. The van der Waals surface area contributed by atoms with Crippen molar-refractivity contribution in [3.8, 4) is 0 Å². The van der Waals surface area contributed by atoms with Gasteiger partial charge >= 0.3 is 5.63 Å². The van der Waals surface area contributed by atoms with Crippen molar-refractivity contribution in [2.45, 2.75) is 0 Å². The van der Waals surface area contributed by atoms with E-state index in [2.05, 4.69) is 26.0 Å². The Morgan fingerprint density at radius 2 is 1.75 bits per heavy atom. The number of halogens is 1. The number of anilines is 1. The highest BCUT2D eigenvalue weighted by Crippen LogP contribution is 2.32. The average Bonchev–Trinajstić information content (AvgIpc) is 3.31. The first-order chi connectivity index (χ1) is 17.6. The number of fused-ring (bicyclic) bond motifs is 4. The molecule has 0 unspecified atom stereocenters. The Morgan fingerprint density at radius 3 is 2.61 bits per heavy atom. The van der Waals surface area contributed by atoms with Gasteiger partial charge in [-0.1, -0.05) is 87.9 Å². The molecular formula is C28H16BrN3O3S. The van der Waals surface area contributed by atoms with Crippen LogP contribution in [0.1, 0.15) is 15.9 Å². The quantitative estimate of drug-likeness (QED) is 0.102. The van der Waals surface area contributed by atoms with E-state index in [1.165, 1.54) is 11.3 Å². The fraction of sp³-hybridized carbons (Fsp3) is 0. The van der Waals surface area contributed by atoms with Gasteiger partial charge in [0, 0.05) is 9.86 Å². The summed E-state index contributed by atoms with van der Waals surface area (Å²) in [5, 5.41) is 8.51. The van der Waals surface area contributed by atoms with E-state index in [1.54, 1.807) is 18.3 Å². The zero-order valence-electron chi connectivity index (χ0n) is 18.6. The number of thiazole rings is 1. The highest BCUT2D eigenvalue weighted by Gasteiger charge is 2.25. The van der Waals surface area contributed by atoms with E-state index in [-0.39, 0.29) is 5.56 Å². The van der Waals surface area contributed by atoms with Gasteiger partial charge in [-0.15, -0.1) is 0 Å². The lowest BCUT2D eigenvalue weighted by Gasteiger charge is -2.13. The molecule has 8 heteroatoms. The van der Waals surface area contributed by atoms with Crippen LogP contribution in [0.2, 0.25) is 0 Å². The highest BCUT2D eigenvalue weighted by atomic mass is 79.9. The molecule has 1 amide bonds. The predicted octanol–water partition coefficient (Wildman–Crippen LogP) is 7.00. The molecular weight excluding hydrogens is 538 g/mol. The predicted molar refractivity (Wildman–Crippen MR) is 148 cm³/mol. The first-order valence-corrected chi connectivity index (χ1v) is 12.6. The van der Waals surface area contributed by atoms with Gasteiger partial charge in [-0.05, 0) is 46.7 Å². The van der Waals surface area contributed by atoms with Crippen LogP contribution in [-0.2, 0) is 0 Å². The van der Waals surface area contributed by atoms with Gasteiger partial charge in [-0.2, -0.15) is 10.1 Å². The molecule has 0 spiro atoms. The molecule has 0 saturated heterocycles. The summed E-state index contributed by atoms with van der Waals surface area (Å²) in [5.41, 5.74) is 1.09. The molecule has 0 aliphatic heterocycles. The van der Waals surface area contributed by atoms with Crippen LogP contribution in [0.15, 0.2) is 110 Å². The largest absolute Gasteiger partial charge is 0.422 e. The second-order valence-corrected chi connectivity index (χ2v) is 9.95. The van der Waals surface area contributed by atoms with E-state index >= 15 is 0 Å². The number of aromatic nitrogens is 1. The van der Waals surface area contributed by atoms with Crippen LogP contribution >= 0.6 is 27.3 Å². The Labute approximate surface area is 217 Å². The third kappa shape index (κ3) is 4.10. The minimum atomic E-state index is -0.730. The van der Waals surface area contributed by atoms with Gasteiger partial charge in [-0.3, -0.25) is 4.79 Å². The Kier molecular flexibility index (Phi) is 5.67. The van der Waals surface area contributed by atoms with Gasteiger partial charge in [-0.25, -0.2) is 9.78 Å². The maximum Gasteiger partial charge on any atom is 0.349 e. The fourth-order valence-corrected chi connectivity index (χ4v) is 5.44. The molecule has 0 fully saturated rings. The van der Waals surface area contributed by atoms with Crippen molar-refractivity contribution in [1.29, 1.82) is 0 Å². The molecule has 174 valence electrons. The number of carbonyl (C=O) groups excluding carboxylic acids is 1. The molecule has 0 atom stereocenters. The number of hydrogen-bond acceptors (Lipinski definition) is 6. The Bertz CT molecular complexity index is 1860. The van der Waals surface area contributed by atoms with Gasteiger partial charge in [0.05, 0.1) is 16.4 Å². The number of hydrogen-bond donors (Lipinski definition) is 0. The molecule has 0 aliphatic rings. The Hall–Kier alpha value is -4.14. The van der Waals surface area contributed by atoms with Crippen LogP contribution in [0.4, 0.5) is 5.13 Å². The first-order valence-electron chi connectivity index (χ1n) is 11.0. The minimum Gasteiger partial charge on any atom is -0.422 e. The first kappa shape index (κ1) is 22.3. The Balaban J connectivity index is 1.51. The molecule has 0 radical (unpaired) electrons. The fourth-order valence-electron chi connectivity index (χ4n) is 3.96. The van der Waals surface area contributed by atoms with Crippen LogP contribution in [0.5, 0.6) is 0 Å². The van der Waals surface area contributed by atoms with E-state index in [1.807, 2.05) is 78.9 Å². The van der Waals surface area contributed by atoms with Crippen molar-refractivity contribution in [1.82, 2.24) is 4.98 Å². The zero-order chi connectivity index (χ0) is 24.6. The number of carbonyl (C=O) groups is 1. The molecule has 6 aromatic rings. The van der Waals surface area contributed by atoms with Crippen LogP contribution in [0.3, 0.4) is 0 Å². The number of amides is 1. The summed E-state index contributed by atoms with van der Waals surface area (Å²) in [5.74, 6) is -0.621. The summed E-state index contributed by atoms with van der Waals surface area (Å²) >= 11 is 4.78. The molecule has 36 heavy (non-hydrogen) atoms. The summed E-state index contributed by atoms with van der Waals surface area (Å²) < 4.78 is 7.35. The zero-order valence-corrected chi connectivity index (χ0v) is 21.0. The molecule has 2 heterocycles. The van der Waals surface area contributed by atoms with Crippen molar-refractivity contribution in [2.75, 3.05) is 5.01 Å². The molecule has 0 saturated carbocycles. The van der Waals surface area contributed by atoms with Crippen LogP contribution < -0.4 is 10.6 Å². The average molecular weight is 554 g/mol. The Morgan fingerprint density at radius 1 is 0.944 bits per heavy atom. The van der Waals surface area contributed by atoms with Crippen LogP contribution in [0, 0.1) is 0 Å². The highest BCUT2D eigenvalue weighted by molar-refractivity contribution is 9.10. The van der Waals surface area contributed by atoms with Gasteiger partial charge in [0.1, 0.15) is 11.1 Å². The summed E-state index contributed by atoms with van der Waals surface area (Å²) in [6.45, 7) is 0. The molecule has 6 nitrogen and oxygen atoms in total. The van der Waals surface area contributed by atoms with Crippen LogP contribution in [0.25, 0.3) is 32.0 Å². The number of nitrogens with zero attached hydrogens (tertiary/aromatic N) is 3. The topological polar surface area (TPSA) is 75.8 Å². The standard InChI is InChI=1S/C28H16BrN3O3S/c29-19-11-12-23-25(14-19)36-28(31-23)32(30-16-17-6-2-1-3-7-17)26(33)22-15-21-20-9-5-4-8-18(20)10-13-24(21)35-27(22)34/h1-16H/b30-16+. The maximum atomic E-state index is 13.8. The van der Waals surface area contributed by atoms with Gasteiger partial charge in [0.15, 0.2) is 0 Å². The third-order valence-electron chi connectivity index (χ3n) is 5.71. The van der Waals surface area contributed by atoms with Crippen molar-refractivity contribution < 1.29 is 9.21 Å². The monoisotopic (exact) mass is 553 g/mol. The van der Waals surface area contributed by atoms with E-state index in [0.717, 1.165) is 36.0 Å². The number of hydrazone groups is 1. The lowest BCUT2D eigenvalue weighted by atomic mass is 10.0. The van der Waals surface area contributed by atoms with Crippen LogP contribution in [-0.4, -0.2) is 17.1 Å². The lowest BCUT2D eigenvalue weighted by molar-refractivity contribution is 0.0984. The smallest absolute Gasteiger partial charge is 0.349 e. The number of benzene rings is 4. The van der Waals surface area contributed by atoms with Crippen molar-refractivity contribution in [3.05, 3.63) is 117 Å². The maximum absolute atomic E-state index is 13.8. The number of rotatable bonds is 4. The van der Waals surface area contributed by atoms with Gasteiger partial charge in [0.25, 0.3) is 5.91 Å². The van der Waals surface area contributed by atoms with E-state index in [9.17, 15) is 9.59 Å². The van der Waals surface area contributed by atoms with E-state index in [0.29, 0.717) is 16.1 Å². The summed E-state index contributed by atoms with van der Waals surface area (Å²) in [4.78, 5) is 31.4. The van der Waals surface area contributed by atoms with Crippen molar-refractivity contribution in [3.63, 3.8) is 0 Å². The van der Waals surface area contributed by atoms with E-state index in [4.69, 9.17) is 4.42 Å². The lowest BCUT2D eigenvalue weighted by Crippen LogP contribution is -2.30. The molecule has 0 N–H and O–H groups in total. The second kappa shape index (κ2) is 9.14. The summed E-state index contributed by atoms with van der Waals surface area (Å²) in [7, 11) is 0.